The van der Waals surface area contributed by atoms with E-state index >= 15 is 0 Å². The highest BCUT2D eigenvalue weighted by Gasteiger charge is 2.04. The fraction of sp³-hybridized carbons (Fsp3) is 0.300. The van der Waals surface area contributed by atoms with Crippen molar-refractivity contribution in [3.63, 3.8) is 0 Å². The lowest BCUT2D eigenvalue weighted by molar-refractivity contribution is 0.112. The van der Waals surface area contributed by atoms with Crippen LogP contribution in [-0.2, 0) is 0 Å². The van der Waals surface area contributed by atoms with Crippen LogP contribution in [0.15, 0.2) is 18.2 Å². The molecule has 0 atom stereocenters. The lowest BCUT2D eigenvalue weighted by Gasteiger charge is -2.15. The van der Waals surface area contributed by atoms with Crippen LogP contribution in [0.25, 0.3) is 0 Å². The van der Waals surface area contributed by atoms with E-state index in [1.165, 1.54) is 0 Å². The van der Waals surface area contributed by atoms with Crippen LogP contribution < -0.4 is 4.90 Å². The summed E-state index contributed by atoms with van der Waals surface area (Å²) in [6.45, 7) is 1.94. The summed E-state index contributed by atoms with van der Waals surface area (Å²) in [5.41, 5.74) is 2.78. The first-order chi connectivity index (χ1) is 5.66. The molecule has 0 aliphatic rings. The lowest BCUT2D eigenvalue weighted by atomic mass is 10.1. The second kappa shape index (κ2) is 3.39. The number of hydrogen-bond donors (Lipinski definition) is 0. The van der Waals surface area contributed by atoms with E-state index in [9.17, 15) is 4.79 Å². The molecule has 0 radical (unpaired) electrons. The van der Waals surface area contributed by atoms with Crippen molar-refractivity contribution in [1.29, 1.82) is 0 Å². The first-order valence-electron chi connectivity index (χ1n) is 3.89. The fourth-order valence-electron chi connectivity index (χ4n) is 1.21. The van der Waals surface area contributed by atoms with Crippen molar-refractivity contribution in [3.05, 3.63) is 29.3 Å². The summed E-state index contributed by atoms with van der Waals surface area (Å²) in [4.78, 5) is 12.7. The predicted molar refractivity (Wildman–Crippen MR) is 50.9 cm³/mol. The molecule has 0 saturated carbocycles. The van der Waals surface area contributed by atoms with Crippen molar-refractivity contribution in [3.8, 4) is 0 Å². The first kappa shape index (κ1) is 8.78. The maximum atomic E-state index is 10.7. The quantitative estimate of drug-likeness (QED) is 0.620. The molecule has 0 saturated heterocycles. The number of hydrogen-bond acceptors (Lipinski definition) is 2. The molecule has 0 heterocycles. The second-order valence-electron chi connectivity index (χ2n) is 3.02. The van der Waals surface area contributed by atoms with Gasteiger partial charge in [-0.15, -0.1) is 0 Å². The van der Waals surface area contributed by atoms with Crippen LogP contribution in [0.3, 0.4) is 0 Å². The third kappa shape index (κ3) is 1.47. The Kier molecular flexibility index (Phi) is 2.48. The number of carbonyl (C=O) groups excluding carboxylic acids is 1. The predicted octanol–water partition coefficient (Wildman–Crippen LogP) is 1.87. The minimum absolute atomic E-state index is 0.780. The van der Waals surface area contributed by atoms with Gasteiger partial charge in [-0.25, -0.2) is 0 Å². The van der Waals surface area contributed by atoms with Gasteiger partial charge in [0, 0.05) is 25.3 Å². The Bertz CT molecular complexity index is 292. The first-order valence-corrected chi connectivity index (χ1v) is 3.89. The van der Waals surface area contributed by atoms with Crippen LogP contribution in [0.4, 0.5) is 5.69 Å². The Morgan fingerprint density at radius 1 is 1.33 bits per heavy atom. The van der Waals surface area contributed by atoms with Gasteiger partial charge >= 0.3 is 0 Å². The van der Waals surface area contributed by atoms with E-state index in [0.29, 0.717) is 0 Å². The summed E-state index contributed by atoms with van der Waals surface area (Å²) in [5.74, 6) is 0. The van der Waals surface area contributed by atoms with E-state index in [4.69, 9.17) is 0 Å². The molecule has 1 aromatic carbocycles. The molecule has 12 heavy (non-hydrogen) atoms. The summed E-state index contributed by atoms with van der Waals surface area (Å²) in [7, 11) is 3.86. The van der Waals surface area contributed by atoms with Crippen LogP contribution in [-0.4, -0.2) is 20.4 Å². The highest BCUT2D eigenvalue weighted by atomic mass is 16.1. The van der Waals surface area contributed by atoms with Crippen LogP contribution in [0.1, 0.15) is 15.9 Å². The van der Waals surface area contributed by atoms with E-state index < -0.39 is 0 Å². The summed E-state index contributed by atoms with van der Waals surface area (Å²) in [5, 5.41) is 0. The molecule has 2 heteroatoms. The van der Waals surface area contributed by atoms with Crippen LogP contribution in [0.5, 0.6) is 0 Å². The highest BCUT2D eigenvalue weighted by Crippen LogP contribution is 2.19. The van der Waals surface area contributed by atoms with Crippen molar-refractivity contribution in [1.82, 2.24) is 0 Å². The van der Waals surface area contributed by atoms with E-state index in [0.717, 1.165) is 23.1 Å². The molecule has 64 valence electrons. The van der Waals surface area contributed by atoms with Gasteiger partial charge in [0.1, 0.15) is 0 Å². The number of rotatable bonds is 2. The molecular weight excluding hydrogens is 150 g/mol. The van der Waals surface area contributed by atoms with Gasteiger partial charge in [0.15, 0.2) is 6.29 Å². The summed E-state index contributed by atoms with van der Waals surface area (Å²) in [6.07, 6.45) is 0.907. The fourth-order valence-corrected chi connectivity index (χ4v) is 1.21. The van der Waals surface area contributed by atoms with Crippen molar-refractivity contribution < 1.29 is 4.79 Å². The smallest absolute Gasteiger partial charge is 0.152 e. The molecule has 0 fully saturated rings. The Hall–Kier alpha value is -1.31. The topological polar surface area (TPSA) is 20.3 Å². The summed E-state index contributed by atoms with van der Waals surface area (Å²) >= 11 is 0. The molecule has 0 unspecified atom stereocenters. The van der Waals surface area contributed by atoms with Crippen molar-refractivity contribution in [2.75, 3.05) is 19.0 Å². The maximum absolute atomic E-state index is 10.7. The Balaban J connectivity index is 3.27. The van der Waals surface area contributed by atoms with Crippen molar-refractivity contribution in [2.45, 2.75) is 6.92 Å². The summed E-state index contributed by atoms with van der Waals surface area (Å²) in [6, 6.07) is 5.84. The number of aldehydes is 1. The van der Waals surface area contributed by atoms with Gasteiger partial charge in [0.2, 0.25) is 0 Å². The van der Waals surface area contributed by atoms with E-state index in [-0.39, 0.29) is 0 Å². The lowest BCUT2D eigenvalue weighted by Crippen LogP contribution is -2.11. The Morgan fingerprint density at radius 2 is 2.00 bits per heavy atom. The maximum Gasteiger partial charge on any atom is 0.152 e. The normalized spacial score (nSPS) is 9.58. The van der Waals surface area contributed by atoms with Gasteiger partial charge in [-0.05, 0) is 18.6 Å². The molecule has 0 aliphatic heterocycles. The van der Waals surface area contributed by atoms with E-state index in [1.807, 2.05) is 44.1 Å². The molecule has 2 nitrogen and oxygen atoms in total. The van der Waals surface area contributed by atoms with E-state index in [2.05, 4.69) is 0 Å². The SMILES string of the molecule is Cc1cccc(N(C)C)c1C=O. The number of aryl methyl sites for hydroxylation is 1. The van der Waals surface area contributed by atoms with Gasteiger partial charge in [-0.2, -0.15) is 0 Å². The van der Waals surface area contributed by atoms with Crippen molar-refractivity contribution in [2.24, 2.45) is 0 Å². The van der Waals surface area contributed by atoms with Crippen molar-refractivity contribution >= 4 is 12.0 Å². The molecule has 0 aliphatic carbocycles. The van der Waals surface area contributed by atoms with Crippen LogP contribution in [0.2, 0.25) is 0 Å². The van der Waals surface area contributed by atoms with Gasteiger partial charge in [0.25, 0.3) is 0 Å². The van der Waals surface area contributed by atoms with E-state index in [1.54, 1.807) is 0 Å². The van der Waals surface area contributed by atoms with Gasteiger partial charge in [0.05, 0.1) is 0 Å². The third-order valence-electron chi connectivity index (χ3n) is 1.90. The standard InChI is InChI=1S/C10H13NO/c1-8-5-4-6-10(11(2)3)9(8)7-12/h4-7H,1-3H3. The van der Waals surface area contributed by atoms with Gasteiger partial charge < -0.3 is 4.90 Å². The monoisotopic (exact) mass is 163 g/mol. The third-order valence-corrected chi connectivity index (χ3v) is 1.90. The van der Waals surface area contributed by atoms with Crippen LogP contribution >= 0.6 is 0 Å². The minimum atomic E-state index is 0.780. The molecule has 0 amide bonds. The second-order valence-corrected chi connectivity index (χ2v) is 3.02. The largest absolute Gasteiger partial charge is 0.377 e. The molecule has 0 N–H and O–H groups in total. The van der Waals surface area contributed by atoms with Gasteiger partial charge in [-0.1, -0.05) is 12.1 Å². The van der Waals surface area contributed by atoms with Gasteiger partial charge in [-0.3, -0.25) is 4.79 Å². The molecule has 1 aromatic rings. The number of benzene rings is 1. The highest BCUT2D eigenvalue weighted by molar-refractivity contribution is 5.86. The average Bonchev–Trinajstić information content (AvgIpc) is 2.03. The number of nitrogens with zero attached hydrogens (tertiary/aromatic N) is 1. The number of anilines is 1. The Labute approximate surface area is 72.8 Å². The zero-order valence-corrected chi connectivity index (χ0v) is 7.66. The number of carbonyl (C=O) groups is 1. The minimum Gasteiger partial charge on any atom is -0.377 e. The zero-order chi connectivity index (χ0) is 9.14. The molecule has 0 spiro atoms. The molecular formula is C10H13NO. The molecule has 0 aromatic heterocycles. The average molecular weight is 163 g/mol. The summed E-state index contributed by atoms with van der Waals surface area (Å²) < 4.78 is 0. The Morgan fingerprint density at radius 3 is 2.42 bits per heavy atom. The molecule has 1 rings (SSSR count). The molecule has 0 bridgehead atoms. The van der Waals surface area contributed by atoms with Crippen LogP contribution in [0, 0.1) is 6.92 Å². The zero-order valence-electron chi connectivity index (χ0n) is 7.66.